The maximum absolute atomic E-state index is 6.61. The highest BCUT2D eigenvalue weighted by Crippen LogP contribution is 2.35. The molecule has 0 unspecified atom stereocenters. The zero-order valence-electron chi connectivity index (χ0n) is 15.9. The molecule has 4 heterocycles. The monoisotopic (exact) mass is 416 g/mol. The Balaban J connectivity index is 1.47. The largest absolute Gasteiger partial charge is 0.381 e. The second-order valence-electron chi connectivity index (χ2n) is 7.88. The van der Waals surface area contributed by atoms with Crippen molar-refractivity contribution in [1.82, 2.24) is 18.8 Å². The Labute approximate surface area is 174 Å². The first kappa shape index (κ1) is 18.6. The van der Waals surface area contributed by atoms with Crippen LogP contribution in [-0.4, -0.2) is 45.1 Å². The van der Waals surface area contributed by atoms with E-state index in [1.807, 2.05) is 12.1 Å². The van der Waals surface area contributed by atoms with Crippen LogP contribution in [0.5, 0.6) is 0 Å². The van der Waals surface area contributed by atoms with E-state index in [9.17, 15) is 0 Å². The summed E-state index contributed by atoms with van der Waals surface area (Å²) in [7, 11) is 0. The molecule has 7 heteroatoms. The van der Waals surface area contributed by atoms with E-state index in [2.05, 4.69) is 21.7 Å². The predicted molar refractivity (Wildman–Crippen MR) is 114 cm³/mol. The van der Waals surface area contributed by atoms with E-state index in [4.69, 9.17) is 25.7 Å². The Morgan fingerprint density at radius 1 is 1.18 bits per heavy atom. The van der Waals surface area contributed by atoms with Crippen molar-refractivity contribution in [2.24, 2.45) is 5.92 Å². The predicted octanol–water partition coefficient (Wildman–Crippen LogP) is 4.84. The van der Waals surface area contributed by atoms with Gasteiger partial charge in [-0.2, -0.15) is 4.37 Å². The van der Waals surface area contributed by atoms with Crippen molar-refractivity contribution in [3.63, 3.8) is 0 Å². The molecule has 0 N–H and O–H groups in total. The van der Waals surface area contributed by atoms with Gasteiger partial charge in [0.15, 0.2) is 5.82 Å². The van der Waals surface area contributed by atoms with Crippen LogP contribution in [0.2, 0.25) is 5.02 Å². The number of hydrogen-bond acceptors (Lipinski definition) is 5. The van der Waals surface area contributed by atoms with Crippen molar-refractivity contribution in [3.8, 4) is 11.4 Å². The number of likely N-dealkylation sites (tertiary alicyclic amines) is 1. The normalized spacial score (nSPS) is 19.0. The molecule has 2 aliphatic heterocycles. The Morgan fingerprint density at radius 3 is 2.82 bits per heavy atom. The number of benzene rings is 1. The molecule has 0 atom stereocenters. The summed E-state index contributed by atoms with van der Waals surface area (Å²) in [6, 6.07) is 6.13. The molecular formula is C21H25ClN4OS. The Kier molecular flexibility index (Phi) is 5.37. The molecule has 2 fully saturated rings. The van der Waals surface area contributed by atoms with Crippen molar-refractivity contribution in [3.05, 3.63) is 34.4 Å². The average Bonchev–Trinajstić information content (AvgIpc) is 3.44. The molecule has 1 aromatic carbocycles. The van der Waals surface area contributed by atoms with Gasteiger partial charge in [-0.1, -0.05) is 23.7 Å². The first-order valence-corrected chi connectivity index (χ1v) is 11.3. The number of halogens is 1. The fourth-order valence-electron chi connectivity index (χ4n) is 4.40. The molecule has 2 aromatic heterocycles. The molecule has 5 rings (SSSR count). The van der Waals surface area contributed by atoms with Gasteiger partial charge >= 0.3 is 0 Å². The molecule has 0 spiro atoms. The number of para-hydroxylation sites is 1. The van der Waals surface area contributed by atoms with Crippen molar-refractivity contribution in [1.29, 1.82) is 0 Å². The summed E-state index contributed by atoms with van der Waals surface area (Å²) in [5.74, 6) is 1.46. The van der Waals surface area contributed by atoms with Gasteiger partial charge in [-0.15, -0.1) is 0 Å². The van der Waals surface area contributed by atoms with Crippen LogP contribution in [0.25, 0.3) is 22.3 Å². The molecule has 2 aliphatic rings. The van der Waals surface area contributed by atoms with Gasteiger partial charge in [-0.25, -0.2) is 4.98 Å². The van der Waals surface area contributed by atoms with Crippen LogP contribution >= 0.6 is 23.1 Å². The minimum Gasteiger partial charge on any atom is -0.381 e. The van der Waals surface area contributed by atoms with Crippen LogP contribution < -0.4 is 0 Å². The van der Waals surface area contributed by atoms with Crippen LogP contribution in [-0.2, 0) is 17.8 Å². The maximum atomic E-state index is 6.61. The quantitative estimate of drug-likeness (QED) is 0.597. The smallest absolute Gasteiger partial charge is 0.175 e. The molecular weight excluding hydrogens is 392 g/mol. The van der Waals surface area contributed by atoms with Crippen LogP contribution in [0, 0.1) is 5.92 Å². The van der Waals surface area contributed by atoms with Crippen molar-refractivity contribution in [2.45, 2.75) is 38.8 Å². The number of aromatic nitrogens is 3. The standard InChI is InChI=1S/C21H25ClN4OS/c22-18-5-3-4-16-17(13-26(20(16)18)12-15-6-10-27-11-7-15)21-23-19(28-24-21)14-25-8-1-2-9-25/h3-5,13,15H,1-2,6-12,14H2. The SMILES string of the molecule is Clc1cccc2c(-c3nsc(CN4CCCC4)n3)cn(CC3CCOCC3)c12. The van der Waals surface area contributed by atoms with E-state index in [0.717, 1.165) is 71.5 Å². The zero-order chi connectivity index (χ0) is 18.9. The highest BCUT2D eigenvalue weighted by atomic mass is 35.5. The summed E-state index contributed by atoms with van der Waals surface area (Å²) in [4.78, 5) is 7.34. The van der Waals surface area contributed by atoms with Gasteiger partial charge in [0.2, 0.25) is 0 Å². The third kappa shape index (κ3) is 3.71. The Morgan fingerprint density at radius 2 is 2.00 bits per heavy atom. The second kappa shape index (κ2) is 8.11. The molecule has 0 radical (unpaired) electrons. The molecule has 148 valence electrons. The lowest BCUT2D eigenvalue weighted by molar-refractivity contribution is 0.0616. The van der Waals surface area contributed by atoms with Crippen LogP contribution in [0.15, 0.2) is 24.4 Å². The van der Waals surface area contributed by atoms with Crippen LogP contribution in [0.3, 0.4) is 0 Å². The van der Waals surface area contributed by atoms with Crippen LogP contribution in [0.4, 0.5) is 0 Å². The number of ether oxygens (including phenoxy) is 1. The minimum atomic E-state index is 0.627. The van der Waals surface area contributed by atoms with E-state index in [0.29, 0.717) is 5.92 Å². The lowest BCUT2D eigenvalue weighted by Crippen LogP contribution is -2.20. The summed E-state index contributed by atoms with van der Waals surface area (Å²) in [5.41, 5.74) is 2.19. The maximum Gasteiger partial charge on any atom is 0.175 e. The topological polar surface area (TPSA) is 43.2 Å². The van der Waals surface area contributed by atoms with E-state index in [-0.39, 0.29) is 0 Å². The van der Waals surface area contributed by atoms with Gasteiger partial charge in [-0.3, -0.25) is 4.90 Å². The third-order valence-corrected chi connectivity index (χ3v) is 6.91. The van der Waals surface area contributed by atoms with Crippen molar-refractivity contribution in [2.75, 3.05) is 26.3 Å². The zero-order valence-corrected chi connectivity index (χ0v) is 17.5. The fourth-order valence-corrected chi connectivity index (χ4v) is 5.39. The van der Waals surface area contributed by atoms with E-state index in [1.54, 1.807) is 0 Å². The van der Waals surface area contributed by atoms with E-state index in [1.165, 1.54) is 37.5 Å². The molecule has 28 heavy (non-hydrogen) atoms. The number of hydrogen-bond donors (Lipinski definition) is 0. The average molecular weight is 417 g/mol. The van der Waals surface area contributed by atoms with Gasteiger partial charge in [0.25, 0.3) is 0 Å². The van der Waals surface area contributed by atoms with Gasteiger partial charge in [0, 0.05) is 36.9 Å². The van der Waals surface area contributed by atoms with Gasteiger partial charge < -0.3 is 9.30 Å². The number of rotatable bonds is 5. The molecule has 0 bridgehead atoms. The summed E-state index contributed by atoms with van der Waals surface area (Å²) in [6.45, 7) is 5.95. The molecule has 0 saturated carbocycles. The first-order chi connectivity index (χ1) is 13.8. The molecule has 3 aromatic rings. The highest BCUT2D eigenvalue weighted by molar-refractivity contribution is 7.05. The summed E-state index contributed by atoms with van der Waals surface area (Å²) >= 11 is 8.14. The van der Waals surface area contributed by atoms with Gasteiger partial charge in [0.1, 0.15) is 5.01 Å². The molecule has 0 aliphatic carbocycles. The van der Waals surface area contributed by atoms with Crippen LogP contribution in [0.1, 0.15) is 30.7 Å². The second-order valence-corrected chi connectivity index (χ2v) is 9.13. The van der Waals surface area contributed by atoms with E-state index < -0.39 is 0 Å². The molecule has 2 saturated heterocycles. The van der Waals surface area contributed by atoms with Gasteiger partial charge in [-0.05, 0) is 62.3 Å². The third-order valence-electron chi connectivity index (χ3n) is 5.91. The number of nitrogens with zero attached hydrogens (tertiary/aromatic N) is 4. The summed E-state index contributed by atoms with van der Waals surface area (Å²) in [5, 5.41) is 3.04. The first-order valence-electron chi connectivity index (χ1n) is 10.2. The molecule has 5 nitrogen and oxygen atoms in total. The highest BCUT2D eigenvalue weighted by Gasteiger charge is 2.21. The summed E-state index contributed by atoms with van der Waals surface area (Å²) in [6.07, 6.45) is 7.00. The van der Waals surface area contributed by atoms with Crippen molar-refractivity contribution >= 4 is 34.0 Å². The Hall–Kier alpha value is -1.47. The lowest BCUT2D eigenvalue weighted by atomic mass is 10.0. The summed E-state index contributed by atoms with van der Waals surface area (Å²) < 4.78 is 12.5. The number of fused-ring (bicyclic) bond motifs is 1. The minimum absolute atomic E-state index is 0.627. The van der Waals surface area contributed by atoms with Gasteiger partial charge in [0.05, 0.1) is 17.1 Å². The lowest BCUT2D eigenvalue weighted by Gasteiger charge is -2.23. The Bertz CT molecular complexity index is 957. The molecule has 0 amide bonds. The van der Waals surface area contributed by atoms with E-state index >= 15 is 0 Å². The fraction of sp³-hybridized carbons (Fsp3) is 0.524. The van der Waals surface area contributed by atoms with Crippen molar-refractivity contribution < 1.29 is 4.74 Å².